The lowest BCUT2D eigenvalue weighted by molar-refractivity contribution is -0.117. The molecule has 1 amide bonds. The van der Waals surface area contributed by atoms with Crippen molar-refractivity contribution in [2.45, 2.75) is 32.2 Å². The molecule has 20 heavy (non-hydrogen) atoms. The van der Waals surface area contributed by atoms with E-state index in [4.69, 9.17) is 5.73 Å². The van der Waals surface area contributed by atoms with Crippen LogP contribution in [-0.2, 0) is 4.79 Å². The minimum atomic E-state index is -0.557. The maximum absolute atomic E-state index is 11.5. The highest BCUT2D eigenvalue weighted by molar-refractivity contribution is 7.15. The van der Waals surface area contributed by atoms with E-state index in [9.17, 15) is 4.79 Å². The minimum Gasteiger partial charge on any atom is -0.320 e. The summed E-state index contributed by atoms with van der Waals surface area (Å²) in [6.45, 7) is 3.75. The molecule has 0 aliphatic rings. The van der Waals surface area contributed by atoms with Gasteiger partial charge in [-0.05, 0) is 18.9 Å². The summed E-state index contributed by atoms with van der Waals surface area (Å²) in [5, 5.41) is 12.3. The Morgan fingerprint density at radius 1 is 1.35 bits per heavy atom. The Morgan fingerprint density at radius 2 is 2.05 bits per heavy atom. The maximum atomic E-state index is 11.5. The molecular formula is C14H18N4OS. The van der Waals surface area contributed by atoms with Gasteiger partial charge >= 0.3 is 0 Å². The summed E-state index contributed by atoms with van der Waals surface area (Å²) >= 11 is 1.40. The van der Waals surface area contributed by atoms with Crippen LogP contribution in [0.4, 0.5) is 5.13 Å². The molecule has 2 aromatic rings. The predicted molar refractivity (Wildman–Crippen MR) is 80.8 cm³/mol. The summed E-state index contributed by atoms with van der Waals surface area (Å²) < 4.78 is 0. The highest BCUT2D eigenvalue weighted by Gasteiger charge is 2.18. The molecule has 6 heteroatoms. The number of rotatable bonds is 5. The Kier molecular flexibility index (Phi) is 4.81. The molecular weight excluding hydrogens is 272 g/mol. The minimum absolute atomic E-state index is 0.203. The number of carbonyl (C=O) groups is 1. The molecule has 1 aromatic carbocycles. The van der Waals surface area contributed by atoms with Crippen molar-refractivity contribution in [1.82, 2.24) is 10.2 Å². The van der Waals surface area contributed by atoms with E-state index in [-0.39, 0.29) is 11.8 Å². The second kappa shape index (κ2) is 6.58. The predicted octanol–water partition coefficient (Wildman–Crippen LogP) is 2.37. The Balaban J connectivity index is 2.16. The smallest absolute Gasteiger partial charge is 0.242 e. The second-order valence-electron chi connectivity index (χ2n) is 4.59. The van der Waals surface area contributed by atoms with Gasteiger partial charge in [-0.1, -0.05) is 48.6 Å². The molecule has 0 saturated carbocycles. The van der Waals surface area contributed by atoms with Crippen LogP contribution in [0, 0.1) is 0 Å². The van der Waals surface area contributed by atoms with Crippen LogP contribution in [0.2, 0.25) is 0 Å². The fourth-order valence-electron chi connectivity index (χ4n) is 1.88. The largest absolute Gasteiger partial charge is 0.320 e. The second-order valence-corrected chi connectivity index (χ2v) is 5.60. The van der Waals surface area contributed by atoms with Gasteiger partial charge in [0.05, 0.1) is 6.04 Å². The summed E-state index contributed by atoms with van der Waals surface area (Å²) in [5.41, 5.74) is 6.72. The summed E-state index contributed by atoms with van der Waals surface area (Å²) in [5.74, 6) is -0.0462. The number of anilines is 1. The molecule has 5 nitrogen and oxygen atoms in total. The number of nitrogens with one attached hydrogen (secondary N) is 1. The van der Waals surface area contributed by atoms with E-state index in [0.717, 1.165) is 11.4 Å². The summed E-state index contributed by atoms with van der Waals surface area (Å²) in [7, 11) is 0. The van der Waals surface area contributed by atoms with Crippen molar-refractivity contribution >= 4 is 22.4 Å². The van der Waals surface area contributed by atoms with Gasteiger partial charge in [-0.25, -0.2) is 0 Å². The molecule has 106 valence electrons. The first-order chi connectivity index (χ1) is 9.61. The molecule has 2 atom stereocenters. The maximum Gasteiger partial charge on any atom is 0.242 e. The normalized spacial score (nSPS) is 13.8. The third kappa shape index (κ3) is 3.40. The fraction of sp³-hybridized carbons (Fsp3) is 0.357. The van der Waals surface area contributed by atoms with Gasteiger partial charge in [0.15, 0.2) is 0 Å². The summed E-state index contributed by atoms with van der Waals surface area (Å²) in [4.78, 5) is 11.5. The number of nitrogens with two attached hydrogens (primary N) is 1. The van der Waals surface area contributed by atoms with Crippen LogP contribution in [0.5, 0.6) is 0 Å². The fourth-order valence-corrected chi connectivity index (χ4v) is 2.84. The molecule has 0 fully saturated rings. The molecule has 3 N–H and O–H groups in total. The van der Waals surface area contributed by atoms with Crippen LogP contribution < -0.4 is 11.1 Å². The number of benzene rings is 1. The molecule has 0 aliphatic heterocycles. The van der Waals surface area contributed by atoms with E-state index >= 15 is 0 Å². The topological polar surface area (TPSA) is 80.9 Å². The van der Waals surface area contributed by atoms with E-state index in [1.807, 2.05) is 18.2 Å². The van der Waals surface area contributed by atoms with Crippen molar-refractivity contribution < 1.29 is 4.79 Å². The lowest BCUT2D eigenvalue weighted by Gasteiger charge is -2.11. The Bertz CT molecular complexity index is 568. The number of nitrogens with zero attached hydrogens (tertiary/aromatic N) is 2. The van der Waals surface area contributed by atoms with Crippen LogP contribution in [0.25, 0.3) is 0 Å². The third-order valence-electron chi connectivity index (χ3n) is 2.99. The molecule has 0 aliphatic carbocycles. The van der Waals surface area contributed by atoms with Crippen molar-refractivity contribution in [2.24, 2.45) is 5.73 Å². The van der Waals surface area contributed by atoms with E-state index in [1.54, 1.807) is 6.92 Å². The molecule has 0 saturated heterocycles. The van der Waals surface area contributed by atoms with Crippen molar-refractivity contribution in [1.29, 1.82) is 0 Å². The average molecular weight is 290 g/mol. The van der Waals surface area contributed by atoms with Crippen molar-refractivity contribution in [2.75, 3.05) is 5.32 Å². The lowest BCUT2D eigenvalue weighted by Crippen LogP contribution is -2.32. The standard InChI is InChI=1S/C14H18N4OS/c1-3-11(10-7-5-4-6-8-10)13-17-18-14(20-13)16-12(19)9(2)15/h4-9,11H,3,15H2,1-2H3,(H,16,18,19). The molecule has 1 heterocycles. The number of hydrogen-bond acceptors (Lipinski definition) is 5. The van der Waals surface area contributed by atoms with E-state index in [2.05, 4.69) is 34.6 Å². The van der Waals surface area contributed by atoms with Gasteiger partial charge < -0.3 is 5.73 Å². The lowest BCUT2D eigenvalue weighted by atomic mass is 9.97. The average Bonchev–Trinajstić information content (AvgIpc) is 2.89. The van der Waals surface area contributed by atoms with Crippen LogP contribution >= 0.6 is 11.3 Å². The van der Waals surface area contributed by atoms with Gasteiger partial charge in [0.25, 0.3) is 0 Å². The van der Waals surface area contributed by atoms with Gasteiger partial charge in [0.1, 0.15) is 5.01 Å². The first-order valence-electron chi connectivity index (χ1n) is 6.56. The zero-order valence-electron chi connectivity index (χ0n) is 11.5. The Hall–Kier alpha value is -1.79. The van der Waals surface area contributed by atoms with E-state index in [0.29, 0.717) is 5.13 Å². The monoisotopic (exact) mass is 290 g/mol. The number of amides is 1. The summed E-state index contributed by atoms with van der Waals surface area (Å²) in [6.07, 6.45) is 0.930. The van der Waals surface area contributed by atoms with Gasteiger partial charge in [-0.15, -0.1) is 10.2 Å². The van der Waals surface area contributed by atoms with Crippen molar-refractivity contribution in [3.63, 3.8) is 0 Å². The van der Waals surface area contributed by atoms with E-state index < -0.39 is 6.04 Å². The first kappa shape index (κ1) is 14.6. The van der Waals surface area contributed by atoms with Gasteiger partial charge in [0, 0.05) is 5.92 Å². The third-order valence-corrected chi connectivity index (χ3v) is 3.94. The first-order valence-corrected chi connectivity index (χ1v) is 7.38. The van der Waals surface area contributed by atoms with E-state index in [1.165, 1.54) is 16.9 Å². The van der Waals surface area contributed by atoms with Crippen LogP contribution in [0.15, 0.2) is 30.3 Å². The highest BCUT2D eigenvalue weighted by atomic mass is 32.1. The number of hydrogen-bond donors (Lipinski definition) is 2. The Labute approximate surface area is 122 Å². The summed E-state index contributed by atoms with van der Waals surface area (Å²) in [6, 6.07) is 9.62. The van der Waals surface area contributed by atoms with Gasteiger partial charge in [-0.3, -0.25) is 10.1 Å². The zero-order valence-corrected chi connectivity index (χ0v) is 12.4. The van der Waals surface area contributed by atoms with Crippen LogP contribution in [0.1, 0.15) is 36.8 Å². The van der Waals surface area contributed by atoms with Gasteiger partial charge in [0.2, 0.25) is 11.0 Å². The SMILES string of the molecule is CCC(c1ccccc1)c1nnc(NC(=O)C(C)N)s1. The zero-order chi connectivity index (χ0) is 14.5. The number of carbonyl (C=O) groups excluding carboxylic acids is 1. The van der Waals surface area contributed by atoms with Crippen molar-refractivity contribution in [3.8, 4) is 0 Å². The molecule has 2 unspecified atom stereocenters. The van der Waals surface area contributed by atoms with Crippen LogP contribution in [-0.4, -0.2) is 22.1 Å². The molecule has 0 radical (unpaired) electrons. The quantitative estimate of drug-likeness (QED) is 0.885. The number of aromatic nitrogens is 2. The molecule has 0 spiro atoms. The molecule has 2 rings (SSSR count). The van der Waals surface area contributed by atoms with Crippen LogP contribution in [0.3, 0.4) is 0 Å². The van der Waals surface area contributed by atoms with Gasteiger partial charge in [-0.2, -0.15) is 0 Å². The highest BCUT2D eigenvalue weighted by Crippen LogP contribution is 2.31. The Morgan fingerprint density at radius 3 is 2.65 bits per heavy atom. The van der Waals surface area contributed by atoms with Crippen molar-refractivity contribution in [3.05, 3.63) is 40.9 Å². The molecule has 0 bridgehead atoms. The molecule has 1 aromatic heterocycles.